The molecule has 1 heterocycles. The molecule has 0 radical (unpaired) electrons. The van der Waals surface area contributed by atoms with Crippen LogP contribution < -0.4 is 11.1 Å². The van der Waals surface area contributed by atoms with E-state index < -0.39 is 0 Å². The van der Waals surface area contributed by atoms with Gasteiger partial charge in [0.1, 0.15) is 0 Å². The summed E-state index contributed by atoms with van der Waals surface area (Å²) in [6.45, 7) is 2.96. The summed E-state index contributed by atoms with van der Waals surface area (Å²) < 4.78 is 1.00. The molecule has 0 bridgehead atoms. The lowest BCUT2D eigenvalue weighted by molar-refractivity contribution is -0.121. The highest BCUT2D eigenvalue weighted by molar-refractivity contribution is 9.10. The minimum Gasteiger partial charge on any atom is -0.399 e. The summed E-state index contributed by atoms with van der Waals surface area (Å²) in [5.41, 5.74) is 7.61. The second kappa shape index (κ2) is 5.51. The van der Waals surface area contributed by atoms with Gasteiger partial charge in [-0.25, -0.2) is 0 Å². The summed E-state index contributed by atoms with van der Waals surface area (Å²) in [5.74, 6) is 0.106. The Morgan fingerprint density at radius 3 is 3.06 bits per heavy atom. The van der Waals surface area contributed by atoms with Crippen molar-refractivity contribution in [2.45, 2.75) is 13.0 Å². The Morgan fingerprint density at radius 2 is 2.29 bits per heavy atom. The molecule has 0 saturated carbocycles. The summed E-state index contributed by atoms with van der Waals surface area (Å²) in [5, 5.41) is 2.87. The maximum Gasteiger partial charge on any atom is 0.234 e. The maximum absolute atomic E-state index is 11.4. The molecule has 1 aliphatic heterocycles. The van der Waals surface area contributed by atoms with Crippen molar-refractivity contribution in [1.29, 1.82) is 0 Å². The Morgan fingerprint density at radius 1 is 1.47 bits per heavy atom. The molecule has 4 nitrogen and oxygen atoms in total. The topological polar surface area (TPSA) is 58.4 Å². The van der Waals surface area contributed by atoms with Gasteiger partial charge in [0.05, 0.1) is 6.54 Å². The van der Waals surface area contributed by atoms with Crippen molar-refractivity contribution in [2.24, 2.45) is 0 Å². The fourth-order valence-corrected chi connectivity index (χ4v) is 2.46. The molecule has 0 spiro atoms. The Balaban J connectivity index is 2.06. The number of carbonyl (C=O) groups excluding carboxylic acids is 1. The first-order valence-electron chi connectivity index (χ1n) is 5.68. The zero-order valence-electron chi connectivity index (χ0n) is 9.58. The van der Waals surface area contributed by atoms with Crippen molar-refractivity contribution < 1.29 is 4.79 Å². The van der Waals surface area contributed by atoms with Gasteiger partial charge in [0.2, 0.25) is 5.91 Å². The Kier molecular flexibility index (Phi) is 4.02. The molecule has 0 aromatic heterocycles. The Hall–Kier alpha value is -1.07. The molecular formula is C12H16BrN3O. The fourth-order valence-electron chi connectivity index (χ4n) is 1.94. The van der Waals surface area contributed by atoms with E-state index in [1.807, 2.05) is 18.2 Å². The van der Waals surface area contributed by atoms with Gasteiger partial charge < -0.3 is 11.1 Å². The zero-order valence-corrected chi connectivity index (χ0v) is 11.2. The third-order valence-electron chi connectivity index (χ3n) is 2.81. The van der Waals surface area contributed by atoms with Crippen LogP contribution in [0.1, 0.15) is 12.0 Å². The largest absolute Gasteiger partial charge is 0.399 e. The van der Waals surface area contributed by atoms with Gasteiger partial charge in [-0.3, -0.25) is 9.69 Å². The number of nitrogens with zero attached hydrogens (tertiary/aromatic N) is 1. The molecule has 1 saturated heterocycles. The average molecular weight is 298 g/mol. The van der Waals surface area contributed by atoms with Gasteiger partial charge in [-0.15, -0.1) is 0 Å². The van der Waals surface area contributed by atoms with Crippen molar-refractivity contribution >= 4 is 27.5 Å². The van der Waals surface area contributed by atoms with E-state index in [9.17, 15) is 4.79 Å². The van der Waals surface area contributed by atoms with Crippen LogP contribution >= 0.6 is 15.9 Å². The van der Waals surface area contributed by atoms with Crippen molar-refractivity contribution in [3.63, 3.8) is 0 Å². The van der Waals surface area contributed by atoms with Crippen LogP contribution in [-0.2, 0) is 11.3 Å². The van der Waals surface area contributed by atoms with Crippen LogP contribution in [0.4, 0.5) is 5.69 Å². The van der Waals surface area contributed by atoms with Gasteiger partial charge in [-0.1, -0.05) is 22.0 Å². The predicted octanol–water partition coefficient (Wildman–Crippen LogP) is 1.35. The second-order valence-corrected chi connectivity index (χ2v) is 5.12. The number of nitrogens with two attached hydrogens (primary N) is 1. The van der Waals surface area contributed by atoms with Crippen LogP contribution in [0.2, 0.25) is 0 Å². The van der Waals surface area contributed by atoms with Gasteiger partial charge in [-0.2, -0.15) is 0 Å². The second-order valence-electron chi connectivity index (χ2n) is 4.27. The first kappa shape index (κ1) is 12.4. The quantitative estimate of drug-likeness (QED) is 0.810. The van der Waals surface area contributed by atoms with E-state index in [1.165, 1.54) is 0 Å². The van der Waals surface area contributed by atoms with Crippen LogP contribution in [0, 0.1) is 0 Å². The molecule has 0 unspecified atom stereocenters. The van der Waals surface area contributed by atoms with Gasteiger partial charge >= 0.3 is 0 Å². The number of amides is 1. The van der Waals surface area contributed by atoms with E-state index in [0.29, 0.717) is 6.54 Å². The van der Waals surface area contributed by atoms with E-state index in [2.05, 4.69) is 26.1 Å². The van der Waals surface area contributed by atoms with E-state index >= 15 is 0 Å². The lowest BCUT2D eigenvalue weighted by atomic mass is 10.2. The van der Waals surface area contributed by atoms with E-state index in [1.54, 1.807) is 0 Å². The number of rotatable bonds is 2. The highest BCUT2D eigenvalue weighted by Gasteiger charge is 2.15. The molecule has 3 N–H and O–H groups in total. The van der Waals surface area contributed by atoms with Crippen molar-refractivity contribution in [1.82, 2.24) is 10.2 Å². The lowest BCUT2D eigenvalue weighted by Crippen LogP contribution is -2.32. The van der Waals surface area contributed by atoms with Gasteiger partial charge in [0.25, 0.3) is 0 Å². The standard InChI is InChI=1S/C12H16BrN3O/c13-11-6-10(14)3-2-9(11)7-16-5-1-4-15-12(17)8-16/h2-3,6H,1,4-5,7-8,14H2,(H,15,17). The molecular weight excluding hydrogens is 282 g/mol. The zero-order chi connectivity index (χ0) is 12.3. The summed E-state index contributed by atoms with van der Waals surface area (Å²) >= 11 is 3.50. The van der Waals surface area contributed by atoms with Crippen LogP contribution in [0.15, 0.2) is 22.7 Å². The minimum absolute atomic E-state index is 0.106. The molecule has 0 atom stereocenters. The number of hydrogen-bond acceptors (Lipinski definition) is 3. The van der Waals surface area contributed by atoms with E-state index in [0.717, 1.165) is 41.8 Å². The highest BCUT2D eigenvalue weighted by Crippen LogP contribution is 2.21. The third-order valence-corrected chi connectivity index (χ3v) is 3.55. The number of halogens is 1. The van der Waals surface area contributed by atoms with Crippen molar-refractivity contribution in [3.05, 3.63) is 28.2 Å². The van der Waals surface area contributed by atoms with Gasteiger partial charge in [0, 0.05) is 29.8 Å². The molecule has 92 valence electrons. The summed E-state index contributed by atoms with van der Waals surface area (Å²) in [6.07, 6.45) is 0.998. The molecule has 1 aromatic carbocycles. The first-order chi connectivity index (χ1) is 8.15. The number of nitrogens with one attached hydrogen (secondary N) is 1. The SMILES string of the molecule is Nc1ccc(CN2CCCNC(=O)C2)c(Br)c1. The van der Waals surface area contributed by atoms with Crippen LogP contribution in [-0.4, -0.2) is 30.4 Å². The predicted molar refractivity (Wildman–Crippen MR) is 71.5 cm³/mol. The molecule has 17 heavy (non-hydrogen) atoms. The number of nitrogen functional groups attached to an aromatic ring is 1. The molecule has 0 aliphatic carbocycles. The number of carbonyl (C=O) groups is 1. The molecule has 1 aliphatic rings. The monoisotopic (exact) mass is 297 g/mol. The van der Waals surface area contributed by atoms with Crippen LogP contribution in [0.25, 0.3) is 0 Å². The van der Waals surface area contributed by atoms with Crippen molar-refractivity contribution in [2.75, 3.05) is 25.4 Å². The highest BCUT2D eigenvalue weighted by atomic mass is 79.9. The van der Waals surface area contributed by atoms with E-state index in [4.69, 9.17) is 5.73 Å². The number of benzene rings is 1. The van der Waals surface area contributed by atoms with Gasteiger partial charge in [0.15, 0.2) is 0 Å². The third kappa shape index (κ3) is 3.44. The molecule has 2 rings (SSSR count). The number of hydrogen-bond donors (Lipinski definition) is 2. The van der Waals surface area contributed by atoms with E-state index in [-0.39, 0.29) is 5.91 Å². The smallest absolute Gasteiger partial charge is 0.234 e. The first-order valence-corrected chi connectivity index (χ1v) is 6.47. The molecule has 1 amide bonds. The average Bonchev–Trinajstić information content (AvgIpc) is 2.47. The lowest BCUT2D eigenvalue weighted by Gasteiger charge is -2.19. The molecule has 5 heteroatoms. The summed E-state index contributed by atoms with van der Waals surface area (Å²) in [4.78, 5) is 13.6. The molecule has 1 fully saturated rings. The minimum atomic E-state index is 0.106. The maximum atomic E-state index is 11.4. The normalized spacial score (nSPS) is 17.6. The van der Waals surface area contributed by atoms with Crippen LogP contribution in [0.5, 0.6) is 0 Å². The summed E-state index contributed by atoms with van der Waals surface area (Å²) in [6, 6.07) is 5.79. The number of anilines is 1. The van der Waals surface area contributed by atoms with Crippen LogP contribution in [0.3, 0.4) is 0 Å². The molecule has 1 aromatic rings. The Labute approximate surface area is 109 Å². The van der Waals surface area contributed by atoms with Crippen molar-refractivity contribution in [3.8, 4) is 0 Å². The Bertz CT molecular complexity index is 422. The van der Waals surface area contributed by atoms with Gasteiger partial charge in [-0.05, 0) is 24.1 Å². The summed E-state index contributed by atoms with van der Waals surface area (Å²) in [7, 11) is 0. The fraction of sp³-hybridized carbons (Fsp3) is 0.417.